The molecule has 0 spiro atoms. The van der Waals surface area contributed by atoms with Gasteiger partial charge in [-0.2, -0.15) is 0 Å². The lowest BCUT2D eigenvalue weighted by Crippen LogP contribution is -2.16. The smallest absolute Gasteiger partial charge is 0.130 e. The largest absolute Gasteiger partial charge is 0.381 e. The molecule has 4 nitrogen and oxygen atoms in total. The molecule has 1 aliphatic rings. The molecule has 1 unspecified atom stereocenters. The predicted octanol–water partition coefficient (Wildman–Crippen LogP) is 3.37. The summed E-state index contributed by atoms with van der Waals surface area (Å²) in [6, 6.07) is 0. The number of Topliss-reactive ketones (excluding diaryl/α,β-unsaturated/α-hetero) is 1. The molecule has 1 fully saturated rings. The second-order valence-corrected chi connectivity index (χ2v) is 6.73. The molecule has 0 saturated carbocycles. The summed E-state index contributed by atoms with van der Waals surface area (Å²) in [5.41, 5.74) is 0. The summed E-state index contributed by atoms with van der Waals surface area (Å²) in [5, 5.41) is 10.7. The third kappa shape index (κ3) is 4.63. The number of aromatic nitrogens is 2. The van der Waals surface area contributed by atoms with Crippen molar-refractivity contribution in [1.29, 1.82) is 0 Å². The summed E-state index contributed by atoms with van der Waals surface area (Å²) in [4.78, 5) is 11.3. The summed E-state index contributed by atoms with van der Waals surface area (Å²) >= 11 is 1.69. The van der Waals surface area contributed by atoms with Crippen LogP contribution >= 0.6 is 11.3 Å². The number of rotatable bonds is 7. The van der Waals surface area contributed by atoms with Gasteiger partial charge in [-0.1, -0.05) is 6.92 Å². The Bertz CT molecular complexity index is 427. The standard InChI is InChI=1S/C15H24N2O2S/c1-3-13(10-11(2)18)15-17-16-14(20-15)5-4-12-6-8-19-9-7-12/h12-13H,3-10H2,1-2H3. The zero-order chi connectivity index (χ0) is 14.4. The number of aryl methyl sites for hydroxylation is 1. The fourth-order valence-corrected chi connectivity index (χ4v) is 3.69. The zero-order valence-corrected chi connectivity index (χ0v) is 13.2. The Hall–Kier alpha value is -0.810. The third-order valence-electron chi connectivity index (χ3n) is 3.97. The van der Waals surface area contributed by atoms with Crippen LogP contribution in [0.2, 0.25) is 0 Å². The summed E-state index contributed by atoms with van der Waals surface area (Å²) in [6.07, 6.45) is 6.08. The molecule has 5 heteroatoms. The molecule has 0 aliphatic carbocycles. The molecule has 0 bridgehead atoms. The van der Waals surface area contributed by atoms with E-state index < -0.39 is 0 Å². The van der Waals surface area contributed by atoms with Crippen LogP contribution in [-0.2, 0) is 16.0 Å². The molecule has 1 aromatic rings. The van der Waals surface area contributed by atoms with E-state index in [0.717, 1.165) is 42.0 Å². The Morgan fingerprint density at radius 3 is 2.80 bits per heavy atom. The molecule has 0 radical (unpaired) electrons. The van der Waals surface area contributed by atoms with Gasteiger partial charge in [0.25, 0.3) is 0 Å². The first-order valence-electron chi connectivity index (χ1n) is 7.58. The monoisotopic (exact) mass is 296 g/mol. The average molecular weight is 296 g/mol. The van der Waals surface area contributed by atoms with Crippen molar-refractivity contribution in [3.05, 3.63) is 10.0 Å². The van der Waals surface area contributed by atoms with E-state index in [-0.39, 0.29) is 11.7 Å². The fourth-order valence-electron chi connectivity index (χ4n) is 2.65. The van der Waals surface area contributed by atoms with Gasteiger partial charge in [0.2, 0.25) is 0 Å². The second-order valence-electron chi connectivity index (χ2n) is 5.64. The minimum absolute atomic E-state index is 0.232. The van der Waals surface area contributed by atoms with Crippen LogP contribution in [0, 0.1) is 5.92 Å². The first kappa shape index (κ1) is 15.6. The van der Waals surface area contributed by atoms with Crippen molar-refractivity contribution < 1.29 is 9.53 Å². The van der Waals surface area contributed by atoms with Gasteiger partial charge >= 0.3 is 0 Å². The molecular weight excluding hydrogens is 272 g/mol. The van der Waals surface area contributed by atoms with Crippen LogP contribution in [0.3, 0.4) is 0 Å². The average Bonchev–Trinajstić information content (AvgIpc) is 2.92. The lowest BCUT2D eigenvalue weighted by molar-refractivity contribution is -0.117. The molecule has 0 aromatic carbocycles. The highest BCUT2D eigenvalue weighted by Crippen LogP contribution is 2.28. The van der Waals surface area contributed by atoms with Crippen molar-refractivity contribution >= 4 is 17.1 Å². The van der Waals surface area contributed by atoms with E-state index in [2.05, 4.69) is 17.1 Å². The van der Waals surface area contributed by atoms with Crippen molar-refractivity contribution in [2.24, 2.45) is 5.92 Å². The quantitative estimate of drug-likeness (QED) is 0.774. The first-order valence-corrected chi connectivity index (χ1v) is 8.40. The van der Waals surface area contributed by atoms with Gasteiger partial charge in [-0.25, -0.2) is 0 Å². The number of carbonyl (C=O) groups is 1. The maximum Gasteiger partial charge on any atom is 0.130 e. The topological polar surface area (TPSA) is 52.1 Å². The third-order valence-corrected chi connectivity index (χ3v) is 5.11. The first-order chi connectivity index (χ1) is 9.69. The van der Waals surface area contributed by atoms with E-state index in [0.29, 0.717) is 6.42 Å². The van der Waals surface area contributed by atoms with E-state index in [1.54, 1.807) is 18.3 Å². The molecule has 2 rings (SSSR count). The van der Waals surface area contributed by atoms with Crippen molar-refractivity contribution in [3.8, 4) is 0 Å². The molecule has 1 atom stereocenters. The van der Waals surface area contributed by atoms with E-state index >= 15 is 0 Å². The minimum atomic E-state index is 0.232. The minimum Gasteiger partial charge on any atom is -0.381 e. The Kier molecular flexibility index (Phi) is 6.10. The maximum absolute atomic E-state index is 11.3. The molecule has 1 aromatic heterocycles. The van der Waals surface area contributed by atoms with Crippen LogP contribution in [0.1, 0.15) is 61.9 Å². The number of ether oxygens (including phenoxy) is 1. The molecule has 1 aliphatic heterocycles. The van der Waals surface area contributed by atoms with Crippen molar-refractivity contribution in [2.45, 2.75) is 58.3 Å². The lowest BCUT2D eigenvalue weighted by Gasteiger charge is -2.21. The van der Waals surface area contributed by atoms with Crippen LogP contribution in [0.5, 0.6) is 0 Å². The highest BCUT2D eigenvalue weighted by molar-refractivity contribution is 7.11. The van der Waals surface area contributed by atoms with Crippen LogP contribution in [-0.4, -0.2) is 29.2 Å². The van der Waals surface area contributed by atoms with Gasteiger partial charge in [-0.05, 0) is 38.5 Å². The number of nitrogens with zero attached hydrogens (tertiary/aromatic N) is 2. The van der Waals surface area contributed by atoms with Crippen molar-refractivity contribution in [3.63, 3.8) is 0 Å². The SMILES string of the molecule is CCC(CC(C)=O)c1nnc(CCC2CCOCC2)s1. The van der Waals surface area contributed by atoms with Gasteiger partial charge in [0.15, 0.2) is 0 Å². The molecule has 2 heterocycles. The molecule has 1 saturated heterocycles. The van der Waals surface area contributed by atoms with Gasteiger partial charge in [0.05, 0.1) is 0 Å². The van der Waals surface area contributed by atoms with Gasteiger partial charge in [-0.3, -0.25) is 0 Å². The Morgan fingerprint density at radius 2 is 2.15 bits per heavy atom. The van der Waals surface area contributed by atoms with E-state index in [1.165, 1.54) is 19.3 Å². The Balaban J connectivity index is 1.85. The molecular formula is C15H24N2O2S. The number of ketones is 1. The lowest BCUT2D eigenvalue weighted by atomic mass is 9.95. The molecule has 112 valence electrons. The van der Waals surface area contributed by atoms with Crippen LogP contribution in [0.25, 0.3) is 0 Å². The second kappa shape index (κ2) is 7.84. The Morgan fingerprint density at radius 1 is 1.40 bits per heavy atom. The zero-order valence-electron chi connectivity index (χ0n) is 12.4. The van der Waals surface area contributed by atoms with Crippen LogP contribution < -0.4 is 0 Å². The van der Waals surface area contributed by atoms with E-state index in [9.17, 15) is 4.79 Å². The van der Waals surface area contributed by atoms with Gasteiger partial charge in [0, 0.05) is 32.0 Å². The molecule has 0 N–H and O–H groups in total. The summed E-state index contributed by atoms with van der Waals surface area (Å²) in [5.74, 6) is 1.26. The number of carbonyl (C=O) groups excluding carboxylic acids is 1. The van der Waals surface area contributed by atoms with Crippen LogP contribution in [0.15, 0.2) is 0 Å². The van der Waals surface area contributed by atoms with Gasteiger partial charge in [0.1, 0.15) is 15.8 Å². The van der Waals surface area contributed by atoms with Crippen molar-refractivity contribution in [1.82, 2.24) is 10.2 Å². The van der Waals surface area contributed by atoms with Gasteiger partial charge < -0.3 is 9.53 Å². The van der Waals surface area contributed by atoms with Gasteiger partial charge in [-0.15, -0.1) is 21.5 Å². The highest BCUT2D eigenvalue weighted by Gasteiger charge is 2.18. The highest BCUT2D eigenvalue weighted by atomic mass is 32.1. The molecule has 0 amide bonds. The fraction of sp³-hybridized carbons (Fsp3) is 0.800. The van der Waals surface area contributed by atoms with Crippen LogP contribution in [0.4, 0.5) is 0 Å². The number of hydrogen-bond donors (Lipinski definition) is 0. The number of hydrogen-bond acceptors (Lipinski definition) is 5. The maximum atomic E-state index is 11.3. The summed E-state index contributed by atoms with van der Waals surface area (Å²) in [7, 11) is 0. The van der Waals surface area contributed by atoms with Crippen molar-refractivity contribution in [2.75, 3.05) is 13.2 Å². The molecule has 20 heavy (non-hydrogen) atoms. The predicted molar refractivity (Wildman–Crippen MR) is 80.1 cm³/mol. The van der Waals surface area contributed by atoms with E-state index in [4.69, 9.17) is 4.74 Å². The van der Waals surface area contributed by atoms with E-state index in [1.807, 2.05) is 0 Å². The summed E-state index contributed by atoms with van der Waals surface area (Å²) < 4.78 is 5.38. The Labute approximate surface area is 124 Å². The normalized spacial score (nSPS) is 18.1. The summed E-state index contributed by atoms with van der Waals surface area (Å²) in [6.45, 7) is 5.57.